The fourth-order valence-corrected chi connectivity index (χ4v) is 15.6. The normalized spacial score (nSPS) is 13.5. The summed E-state index contributed by atoms with van der Waals surface area (Å²) in [5.41, 5.74) is 15.5. The van der Waals surface area contributed by atoms with Crippen molar-refractivity contribution in [3.8, 4) is 55.6 Å². The van der Waals surface area contributed by atoms with Crippen molar-refractivity contribution in [2.45, 2.75) is 19.3 Å². The van der Waals surface area contributed by atoms with Gasteiger partial charge in [-0.3, -0.25) is 0 Å². The SMILES string of the molecule is CC1(C)c2cc(-c3ccc4ccc5c(-c6ccc7ccc8cccc9ccc6c7c89)ccc6ccc3c4c65)ccc2-c2ccc(-c3ccc4ccc5c(-c6ccc7ccc8cccc9ccc6c7c89)ccc6ccc3c4c65)cc21. The highest BCUT2D eigenvalue weighted by Gasteiger charge is 2.36. The molecule has 0 bridgehead atoms. The molecule has 1 aliphatic carbocycles. The molecule has 0 heterocycles. The monoisotopic (exact) mass is 994 g/mol. The van der Waals surface area contributed by atoms with E-state index in [4.69, 9.17) is 0 Å². The lowest BCUT2D eigenvalue weighted by molar-refractivity contribution is 0.661. The first kappa shape index (κ1) is 42.3. The van der Waals surface area contributed by atoms with Crippen LogP contribution in [0.2, 0.25) is 0 Å². The van der Waals surface area contributed by atoms with Crippen LogP contribution in [0.3, 0.4) is 0 Å². The lowest BCUT2D eigenvalue weighted by Gasteiger charge is -2.23. The van der Waals surface area contributed by atoms with Crippen LogP contribution in [0.25, 0.3) is 185 Å². The van der Waals surface area contributed by atoms with Crippen molar-refractivity contribution in [1.29, 1.82) is 0 Å². The Morgan fingerprint density at radius 2 is 0.405 bits per heavy atom. The molecular formula is C79H46. The Labute approximate surface area is 455 Å². The second-order valence-electron chi connectivity index (χ2n) is 23.4. The van der Waals surface area contributed by atoms with Crippen molar-refractivity contribution in [3.05, 3.63) is 254 Å². The van der Waals surface area contributed by atoms with E-state index in [1.165, 1.54) is 196 Å². The molecule has 0 aromatic heterocycles. The summed E-state index contributed by atoms with van der Waals surface area (Å²) in [5.74, 6) is 0. The highest BCUT2D eigenvalue weighted by atomic mass is 14.4. The third-order valence-corrected chi connectivity index (χ3v) is 19.3. The highest BCUT2D eigenvalue weighted by Crippen LogP contribution is 2.53. The molecule has 79 heavy (non-hydrogen) atoms. The molecule has 0 radical (unpaired) electrons. The first-order valence-electron chi connectivity index (χ1n) is 28.0. The quantitative estimate of drug-likeness (QED) is 0.154. The number of rotatable bonds is 4. The Bertz CT molecular complexity index is 5310. The zero-order valence-electron chi connectivity index (χ0n) is 43.6. The molecule has 0 saturated heterocycles. The first-order valence-corrected chi connectivity index (χ1v) is 28.0. The van der Waals surface area contributed by atoms with Crippen LogP contribution in [-0.2, 0) is 5.41 Å². The van der Waals surface area contributed by atoms with Gasteiger partial charge < -0.3 is 0 Å². The molecule has 0 saturated carbocycles. The predicted octanol–water partition coefficient (Wildman–Crippen LogP) is 22.3. The van der Waals surface area contributed by atoms with Crippen LogP contribution < -0.4 is 0 Å². The largest absolute Gasteiger partial charge is 0.0610 e. The summed E-state index contributed by atoms with van der Waals surface area (Å²) < 4.78 is 0. The van der Waals surface area contributed by atoms with Gasteiger partial charge >= 0.3 is 0 Å². The minimum Gasteiger partial charge on any atom is -0.0610 e. The molecule has 0 spiro atoms. The predicted molar refractivity (Wildman–Crippen MR) is 341 cm³/mol. The topological polar surface area (TPSA) is 0 Å². The molecule has 18 aromatic rings. The maximum atomic E-state index is 2.51. The molecule has 1 aliphatic rings. The van der Waals surface area contributed by atoms with Crippen LogP contribution in [-0.4, -0.2) is 0 Å². The van der Waals surface area contributed by atoms with Crippen molar-refractivity contribution < 1.29 is 0 Å². The van der Waals surface area contributed by atoms with Crippen molar-refractivity contribution in [2.75, 3.05) is 0 Å². The Morgan fingerprint density at radius 1 is 0.190 bits per heavy atom. The minimum atomic E-state index is -0.213. The van der Waals surface area contributed by atoms with E-state index >= 15 is 0 Å². The Balaban J connectivity index is 0.721. The highest BCUT2D eigenvalue weighted by molar-refractivity contribution is 6.33. The number of hydrogen-bond donors (Lipinski definition) is 0. The smallest absolute Gasteiger partial charge is 0.0159 e. The fourth-order valence-electron chi connectivity index (χ4n) is 15.6. The van der Waals surface area contributed by atoms with E-state index in [1.54, 1.807) is 0 Å². The Hall–Kier alpha value is -9.88. The molecule has 0 fully saturated rings. The standard InChI is InChI=1S/C79H46/c1-79(2)69-41-53(55-27-13-49-23-39-67-59(31-17-51-21-35-63(55)75(49)77(51)67)57-29-15-47-11-9-43-5-3-7-45-19-37-65(57)73(47)71(43)45)25-33-61(69)62-34-26-54(42-70(62)79)56-28-14-50-24-40-68-60(32-18-52-22-36-64(56)76(50)78(52)68)58-30-16-48-12-10-44-6-4-8-46-20-38-66(58)74(48)72(44)46/h3-42H,1-2H3. The van der Waals surface area contributed by atoms with E-state index in [9.17, 15) is 0 Å². The minimum absolute atomic E-state index is 0.213. The molecule has 18 aromatic carbocycles. The second-order valence-corrected chi connectivity index (χ2v) is 23.4. The van der Waals surface area contributed by atoms with Crippen LogP contribution in [0, 0.1) is 0 Å². The van der Waals surface area contributed by atoms with Gasteiger partial charge in [-0.05, 0) is 208 Å². The van der Waals surface area contributed by atoms with E-state index in [0.717, 1.165) is 0 Å². The molecule has 0 aliphatic heterocycles. The third-order valence-electron chi connectivity index (χ3n) is 19.3. The van der Waals surface area contributed by atoms with E-state index in [1.807, 2.05) is 0 Å². The van der Waals surface area contributed by atoms with E-state index < -0.39 is 0 Å². The van der Waals surface area contributed by atoms with Gasteiger partial charge in [0.2, 0.25) is 0 Å². The first-order chi connectivity index (χ1) is 38.9. The van der Waals surface area contributed by atoms with Crippen LogP contribution in [0.4, 0.5) is 0 Å². The molecular weight excluding hydrogens is 949 g/mol. The molecule has 0 unspecified atom stereocenters. The lowest BCUT2D eigenvalue weighted by Crippen LogP contribution is -2.15. The maximum Gasteiger partial charge on any atom is 0.0159 e. The van der Waals surface area contributed by atoms with Crippen LogP contribution in [0.5, 0.6) is 0 Å². The summed E-state index contributed by atoms with van der Waals surface area (Å²) in [7, 11) is 0. The summed E-state index contributed by atoms with van der Waals surface area (Å²) >= 11 is 0. The zero-order valence-corrected chi connectivity index (χ0v) is 43.6. The third kappa shape index (κ3) is 5.43. The van der Waals surface area contributed by atoms with Crippen molar-refractivity contribution >= 4 is 129 Å². The van der Waals surface area contributed by atoms with Crippen molar-refractivity contribution in [2.24, 2.45) is 0 Å². The van der Waals surface area contributed by atoms with Crippen molar-refractivity contribution in [1.82, 2.24) is 0 Å². The van der Waals surface area contributed by atoms with Crippen molar-refractivity contribution in [3.63, 3.8) is 0 Å². The molecule has 0 heteroatoms. The zero-order chi connectivity index (χ0) is 51.6. The summed E-state index contributed by atoms with van der Waals surface area (Å²) in [6, 6.07) is 93.4. The maximum absolute atomic E-state index is 2.51. The molecule has 19 rings (SSSR count). The van der Waals surface area contributed by atoms with Gasteiger partial charge in [0.15, 0.2) is 0 Å². The summed E-state index contributed by atoms with van der Waals surface area (Å²) in [4.78, 5) is 0. The number of fused-ring (bicyclic) bond motifs is 3. The Morgan fingerprint density at radius 3 is 0.709 bits per heavy atom. The van der Waals surface area contributed by atoms with E-state index in [-0.39, 0.29) is 5.41 Å². The van der Waals surface area contributed by atoms with Gasteiger partial charge in [-0.25, -0.2) is 0 Å². The average molecular weight is 995 g/mol. The molecule has 0 nitrogen and oxygen atoms in total. The average Bonchev–Trinajstić information content (AvgIpc) is 3.83. The Kier molecular flexibility index (Phi) is 7.90. The van der Waals surface area contributed by atoms with Gasteiger partial charge in [0.1, 0.15) is 0 Å². The fraction of sp³-hybridized carbons (Fsp3) is 0.0380. The van der Waals surface area contributed by atoms with Gasteiger partial charge in [-0.15, -0.1) is 0 Å². The summed E-state index contributed by atoms with van der Waals surface area (Å²) in [6.45, 7) is 4.86. The van der Waals surface area contributed by atoms with Gasteiger partial charge in [0.25, 0.3) is 0 Å². The van der Waals surface area contributed by atoms with Gasteiger partial charge in [0.05, 0.1) is 0 Å². The summed E-state index contributed by atoms with van der Waals surface area (Å²) in [6.07, 6.45) is 0. The summed E-state index contributed by atoms with van der Waals surface area (Å²) in [5, 5.41) is 31.5. The second kappa shape index (κ2) is 14.8. The molecule has 0 amide bonds. The lowest BCUT2D eigenvalue weighted by atomic mass is 9.80. The van der Waals surface area contributed by atoms with Crippen LogP contribution in [0.1, 0.15) is 25.0 Å². The molecule has 0 N–H and O–H groups in total. The molecule has 362 valence electrons. The number of benzene rings is 18. The van der Waals surface area contributed by atoms with Gasteiger partial charge in [-0.2, -0.15) is 0 Å². The number of hydrogen-bond acceptors (Lipinski definition) is 0. The van der Waals surface area contributed by atoms with E-state index in [2.05, 4.69) is 257 Å². The van der Waals surface area contributed by atoms with Crippen LogP contribution >= 0.6 is 0 Å². The van der Waals surface area contributed by atoms with Gasteiger partial charge in [-0.1, -0.05) is 244 Å². The van der Waals surface area contributed by atoms with Crippen LogP contribution in [0.15, 0.2) is 243 Å². The van der Waals surface area contributed by atoms with E-state index in [0.29, 0.717) is 0 Å². The van der Waals surface area contributed by atoms with Gasteiger partial charge in [0, 0.05) is 5.41 Å². The molecule has 0 atom stereocenters.